The van der Waals surface area contributed by atoms with Gasteiger partial charge in [-0.1, -0.05) is 12.1 Å². The normalized spacial score (nSPS) is 10.5. The van der Waals surface area contributed by atoms with Crippen LogP contribution in [-0.2, 0) is 4.79 Å². The number of anilines is 1. The fourth-order valence-corrected chi connectivity index (χ4v) is 1.05. The number of para-hydroxylation sites is 2. The Morgan fingerprint density at radius 1 is 1.41 bits per heavy atom. The van der Waals surface area contributed by atoms with Crippen molar-refractivity contribution < 1.29 is 22.7 Å². The molecular weight excluding hydrogens is 237 g/mol. The van der Waals surface area contributed by atoms with E-state index in [4.69, 9.17) is 5.26 Å². The van der Waals surface area contributed by atoms with Gasteiger partial charge in [-0.15, -0.1) is 13.2 Å². The molecule has 0 saturated carbocycles. The predicted molar refractivity (Wildman–Crippen MR) is 52.0 cm³/mol. The number of nitrogens with one attached hydrogen (secondary N) is 1. The first-order chi connectivity index (χ1) is 7.92. The average Bonchev–Trinajstić information content (AvgIpc) is 2.19. The second-order valence-corrected chi connectivity index (χ2v) is 2.93. The summed E-state index contributed by atoms with van der Waals surface area (Å²) in [6.07, 6.45) is -5.28. The van der Waals surface area contributed by atoms with Crippen LogP contribution in [0.3, 0.4) is 0 Å². The van der Waals surface area contributed by atoms with Gasteiger partial charge in [0.15, 0.2) is 5.75 Å². The summed E-state index contributed by atoms with van der Waals surface area (Å²) in [5.74, 6) is -1.22. The Balaban J connectivity index is 2.85. The molecule has 0 unspecified atom stereocenters. The molecule has 1 aromatic rings. The van der Waals surface area contributed by atoms with Gasteiger partial charge < -0.3 is 10.1 Å². The van der Waals surface area contributed by atoms with Gasteiger partial charge in [-0.25, -0.2) is 0 Å². The van der Waals surface area contributed by atoms with Crippen LogP contribution in [-0.4, -0.2) is 12.3 Å². The largest absolute Gasteiger partial charge is 0.573 e. The van der Waals surface area contributed by atoms with Crippen LogP contribution in [0.25, 0.3) is 0 Å². The molecule has 0 saturated heterocycles. The second kappa shape index (κ2) is 5.21. The predicted octanol–water partition coefficient (Wildman–Crippen LogP) is 2.44. The Bertz CT molecular complexity index is 452. The van der Waals surface area contributed by atoms with E-state index in [1.807, 2.05) is 0 Å². The quantitative estimate of drug-likeness (QED) is 0.888. The number of rotatable bonds is 3. The monoisotopic (exact) mass is 244 g/mol. The van der Waals surface area contributed by atoms with Crippen molar-refractivity contribution in [2.24, 2.45) is 0 Å². The van der Waals surface area contributed by atoms with Crippen molar-refractivity contribution in [3.05, 3.63) is 24.3 Å². The Kier molecular flexibility index (Phi) is 3.93. The van der Waals surface area contributed by atoms with Crippen molar-refractivity contribution in [3.8, 4) is 11.8 Å². The molecule has 1 aromatic carbocycles. The topological polar surface area (TPSA) is 62.1 Å². The zero-order chi connectivity index (χ0) is 12.9. The van der Waals surface area contributed by atoms with Crippen LogP contribution in [0.1, 0.15) is 6.42 Å². The Hall–Kier alpha value is -2.23. The Morgan fingerprint density at radius 3 is 2.65 bits per heavy atom. The highest BCUT2D eigenvalue weighted by Gasteiger charge is 2.32. The zero-order valence-electron chi connectivity index (χ0n) is 8.41. The minimum atomic E-state index is -4.84. The third-order valence-corrected chi connectivity index (χ3v) is 1.63. The Labute approximate surface area is 94.6 Å². The molecule has 90 valence electrons. The van der Waals surface area contributed by atoms with Gasteiger partial charge in [-0.05, 0) is 12.1 Å². The fourth-order valence-electron chi connectivity index (χ4n) is 1.05. The number of hydrogen-bond acceptors (Lipinski definition) is 3. The first-order valence-electron chi connectivity index (χ1n) is 4.44. The van der Waals surface area contributed by atoms with Gasteiger partial charge in [0.2, 0.25) is 5.91 Å². The summed E-state index contributed by atoms with van der Waals surface area (Å²) in [6.45, 7) is 0. The summed E-state index contributed by atoms with van der Waals surface area (Å²) in [7, 11) is 0. The zero-order valence-corrected chi connectivity index (χ0v) is 8.41. The van der Waals surface area contributed by atoms with E-state index in [-0.39, 0.29) is 5.69 Å². The van der Waals surface area contributed by atoms with E-state index in [1.165, 1.54) is 18.2 Å². The van der Waals surface area contributed by atoms with Gasteiger partial charge in [0.1, 0.15) is 6.42 Å². The molecule has 0 spiro atoms. The summed E-state index contributed by atoms with van der Waals surface area (Å²) in [5, 5.41) is 10.4. The third kappa shape index (κ3) is 4.42. The molecular formula is C10H7F3N2O2. The van der Waals surface area contributed by atoms with Crippen LogP contribution < -0.4 is 10.1 Å². The second-order valence-electron chi connectivity index (χ2n) is 2.93. The summed E-state index contributed by atoms with van der Waals surface area (Å²) < 4.78 is 39.8. The molecule has 7 heteroatoms. The lowest BCUT2D eigenvalue weighted by atomic mass is 10.3. The molecule has 1 N–H and O–H groups in total. The van der Waals surface area contributed by atoms with Crippen molar-refractivity contribution >= 4 is 11.6 Å². The fraction of sp³-hybridized carbons (Fsp3) is 0.200. The van der Waals surface area contributed by atoms with Crippen LogP contribution in [0.4, 0.5) is 18.9 Å². The number of carbonyl (C=O) groups excluding carboxylic acids is 1. The van der Waals surface area contributed by atoms with E-state index in [0.29, 0.717) is 0 Å². The van der Waals surface area contributed by atoms with E-state index in [1.54, 1.807) is 6.07 Å². The van der Waals surface area contributed by atoms with Gasteiger partial charge in [0.25, 0.3) is 0 Å². The lowest BCUT2D eigenvalue weighted by Gasteiger charge is -2.13. The van der Waals surface area contributed by atoms with Crippen molar-refractivity contribution in [2.45, 2.75) is 12.8 Å². The number of nitrogens with zero attached hydrogens (tertiary/aromatic N) is 1. The standard InChI is InChI=1S/C10H7F3N2O2/c11-10(12,13)17-8-4-2-1-3-7(8)15-9(16)5-6-14/h1-4H,5H2,(H,15,16). The van der Waals surface area contributed by atoms with Crippen molar-refractivity contribution in [1.29, 1.82) is 5.26 Å². The number of amides is 1. The maximum atomic E-state index is 12.0. The Morgan fingerprint density at radius 2 is 2.06 bits per heavy atom. The highest BCUT2D eigenvalue weighted by molar-refractivity contribution is 5.93. The number of alkyl halides is 3. The minimum absolute atomic E-state index is 0.134. The van der Waals surface area contributed by atoms with Crippen LogP contribution in [0, 0.1) is 11.3 Å². The molecule has 0 aliphatic heterocycles. The summed E-state index contributed by atoms with van der Waals surface area (Å²) >= 11 is 0. The molecule has 1 amide bonds. The molecule has 0 atom stereocenters. The van der Waals surface area contributed by atoms with Crippen molar-refractivity contribution in [2.75, 3.05) is 5.32 Å². The highest BCUT2D eigenvalue weighted by Crippen LogP contribution is 2.29. The molecule has 4 nitrogen and oxygen atoms in total. The van der Waals surface area contributed by atoms with Crippen molar-refractivity contribution in [3.63, 3.8) is 0 Å². The van der Waals surface area contributed by atoms with Gasteiger partial charge in [-0.3, -0.25) is 4.79 Å². The minimum Gasteiger partial charge on any atom is -0.404 e. The van der Waals surface area contributed by atoms with Crippen LogP contribution in [0.2, 0.25) is 0 Å². The average molecular weight is 244 g/mol. The smallest absolute Gasteiger partial charge is 0.404 e. The van der Waals surface area contributed by atoms with E-state index in [0.717, 1.165) is 6.07 Å². The number of halogens is 3. The van der Waals surface area contributed by atoms with Crippen LogP contribution >= 0.6 is 0 Å². The molecule has 0 heterocycles. The van der Waals surface area contributed by atoms with Gasteiger partial charge in [-0.2, -0.15) is 5.26 Å². The number of hydrogen-bond donors (Lipinski definition) is 1. The van der Waals surface area contributed by atoms with E-state index in [9.17, 15) is 18.0 Å². The van der Waals surface area contributed by atoms with Crippen molar-refractivity contribution in [1.82, 2.24) is 0 Å². The molecule has 0 aliphatic carbocycles. The number of benzene rings is 1. The molecule has 17 heavy (non-hydrogen) atoms. The third-order valence-electron chi connectivity index (χ3n) is 1.63. The number of nitriles is 1. The van der Waals surface area contributed by atoms with Crippen LogP contribution in [0.15, 0.2) is 24.3 Å². The molecule has 0 fully saturated rings. The maximum absolute atomic E-state index is 12.0. The summed E-state index contributed by atoms with van der Waals surface area (Å²) in [5.41, 5.74) is -0.134. The first kappa shape index (κ1) is 12.8. The molecule has 0 radical (unpaired) electrons. The summed E-state index contributed by atoms with van der Waals surface area (Å²) in [6, 6.07) is 6.66. The first-order valence-corrected chi connectivity index (χ1v) is 4.44. The van der Waals surface area contributed by atoms with Gasteiger partial charge >= 0.3 is 6.36 Å². The molecule has 1 rings (SSSR count). The van der Waals surface area contributed by atoms with Crippen LogP contribution in [0.5, 0.6) is 5.75 Å². The molecule has 0 bridgehead atoms. The SMILES string of the molecule is N#CCC(=O)Nc1ccccc1OC(F)(F)F. The lowest BCUT2D eigenvalue weighted by Crippen LogP contribution is -2.19. The molecule has 0 aliphatic rings. The maximum Gasteiger partial charge on any atom is 0.573 e. The number of carbonyl (C=O) groups is 1. The van der Waals surface area contributed by atoms with E-state index >= 15 is 0 Å². The molecule has 0 aromatic heterocycles. The van der Waals surface area contributed by atoms with E-state index < -0.39 is 24.4 Å². The summed E-state index contributed by atoms with van der Waals surface area (Å²) in [4.78, 5) is 11.1. The highest BCUT2D eigenvalue weighted by atomic mass is 19.4. The van der Waals surface area contributed by atoms with Gasteiger partial charge in [0.05, 0.1) is 11.8 Å². The lowest BCUT2D eigenvalue weighted by molar-refractivity contribution is -0.274. The van der Waals surface area contributed by atoms with Gasteiger partial charge in [0, 0.05) is 0 Å². The number of ether oxygens (including phenoxy) is 1. The van der Waals surface area contributed by atoms with E-state index in [2.05, 4.69) is 10.1 Å².